The summed E-state index contributed by atoms with van der Waals surface area (Å²) in [5.41, 5.74) is -0.101. The van der Waals surface area contributed by atoms with Crippen LogP contribution in [0.5, 0.6) is 11.5 Å². The Labute approximate surface area is 176 Å². The van der Waals surface area contributed by atoms with Crippen molar-refractivity contribution in [2.45, 2.75) is 26.3 Å². The summed E-state index contributed by atoms with van der Waals surface area (Å²) in [7, 11) is 1.68. The summed E-state index contributed by atoms with van der Waals surface area (Å²) in [5.74, 6) is 0.556. The normalized spacial score (nSPS) is 18.7. The molecule has 1 heterocycles. The van der Waals surface area contributed by atoms with Crippen molar-refractivity contribution >= 4 is 17.6 Å². The van der Waals surface area contributed by atoms with E-state index in [9.17, 15) is 9.59 Å². The minimum Gasteiger partial charge on any atom is -0.494 e. The smallest absolute Gasteiger partial charge is 0.260 e. The lowest BCUT2D eigenvalue weighted by Gasteiger charge is -2.31. The van der Waals surface area contributed by atoms with Gasteiger partial charge in [-0.25, -0.2) is 0 Å². The number of ketones is 1. The lowest BCUT2D eigenvalue weighted by molar-refractivity contribution is -0.132. The summed E-state index contributed by atoms with van der Waals surface area (Å²) in [6.45, 7) is 6.22. The number of hydrogen-bond donors (Lipinski definition) is 1. The van der Waals surface area contributed by atoms with Crippen LogP contribution >= 0.6 is 0 Å². The Balaban J connectivity index is 1.99. The van der Waals surface area contributed by atoms with Gasteiger partial charge in [0.15, 0.2) is 5.78 Å². The molecular weight excluding hydrogens is 382 g/mol. The number of likely N-dealkylation sites (N-methyl/N-ethyl adjacent to an activating group) is 1. The van der Waals surface area contributed by atoms with Gasteiger partial charge >= 0.3 is 0 Å². The van der Waals surface area contributed by atoms with Gasteiger partial charge in [0, 0.05) is 18.2 Å². The molecule has 7 heteroatoms. The minimum atomic E-state index is -1.20. The van der Waals surface area contributed by atoms with E-state index in [1.807, 2.05) is 19.9 Å². The molecule has 30 heavy (non-hydrogen) atoms. The lowest BCUT2D eigenvalue weighted by atomic mass is 9.89. The Kier molecular flexibility index (Phi) is 6.10. The number of hydrogen-bond acceptors (Lipinski definition) is 5. The molecule has 1 aliphatic heterocycles. The van der Waals surface area contributed by atoms with Crippen LogP contribution in [0.25, 0.3) is 0 Å². The van der Waals surface area contributed by atoms with E-state index in [1.54, 1.807) is 61.3 Å². The molecule has 1 saturated heterocycles. The van der Waals surface area contributed by atoms with Crippen LogP contribution in [-0.2, 0) is 10.3 Å². The van der Waals surface area contributed by atoms with Crippen molar-refractivity contribution in [1.82, 2.24) is 9.80 Å². The minimum absolute atomic E-state index is 0.0314. The first kappa shape index (κ1) is 21.4. The van der Waals surface area contributed by atoms with Crippen LogP contribution in [0.15, 0.2) is 48.5 Å². The molecule has 0 saturated carbocycles. The molecule has 0 spiro atoms. The molecule has 0 radical (unpaired) electrons. The standard InChI is InChI=1S/C23H27N3O4/c1-5-29-17-12-13-20(30-6-2)18(14-17)23(3)21(28)26(22(24)25(23)4)15-19(27)16-10-8-7-9-11-16/h7-14,24H,5-6,15H2,1-4H3. The van der Waals surface area contributed by atoms with Gasteiger partial charge in [-0.2, -0.15) is 0 Å². The van der Waals surface area contributed by atoms with Crippen molar-refractivity contribution in [3.8, 4) is 11.5 Å². The SMILES string of the molecule is CCOc1ccc(OCC)c(C2(C)C(=O)N(CC(=O)c3ccccc3)C(=N)N2C)c1. The third kappa shape index (κ3) is 3.63. The molecule has 0 aliphatic carbocycles. The van der Waals surface area contributed by atoms with E-state index in [2.05, 4.69) is 0 Å². The maximum Gasteiger partial charge on any atom is 0.260 e. The van der Waals surface area contributed by atoms with E-state index in [4.69, 9.17) is 14.9 Å². The van der Waals surface area contributed by atoms with Crippen LogP contribution in [0.1, 0.15) is 36.7 Å². The summed E-state index contributed by atoms with van der Waals surface area (Å²) in [4.78, 5) is 29.0. The second kappa shape index (κ2) is 8.57. The van der Waals surface area contributed by atoms with E-state index in [1.165, 1.54) is 4.90 Å². The van der Waals surface area contributed by atoms with Crippen molar-refractivity contribution in [2.24, 2.45) is 0 Å². The Morgan fingerprint density at radius 2 is 1.73 bits per heavy atom. The van der Waals surface area contributed by atoms with E-state index >= 15 is 0 Å². The van der Waals surface area contributed by atoms with Crippen LogP contribution in [0.4, 0.5) is 0 Å². The third-order valence-corrected chi connectivity index (χ3v) is 5.39. The van der Waals surface area contributed by atoms with E-state index < -0.39 is 5.54 Å². The maximum absolute atomic E-state index is 13.5. The molecule has 2 aromatic carbocycles. The first-order chi connectivity index (χ1) is 14.3. The second-order valence-electron chi connectivity index (χ2n) is 7.16. The Hall–Kier alpha value is -3.35. The largest absolute Gasteiger partial charge is 0.494 e. The maximum atomic E-state index is 13.5. The third-order valence-electron chi connectivity index (χ3n) is 5.39. The number of carbonyl (C=O) groups excluding carboxylic acids is 2. The zero-order valence-corrected chi connectivity index (χ0v) is 17.8. The number of amides is 1. The van der Waals surface area contributed by atoms with Crippen molar-refractivity contribution in [3.05, 3.63) is 59.7 Å². The topological polar surface area (TPSA) is 82.9 Å². The van der Waals surface area contributed by atoms with Crippen molar-refractivity contribution in [2.75, 3.05) is 26.8 Å². The lowest BCUT2D eigenvalue weighted by Crippen LogP contribution is -2.42. The van der Waals surface area contributed by atoms with Gasteiger partial charge in [-0.3, -0.25) is 19.9 Å². The summed E-state index contributed by atoms with van der Waals surface area (Å²) < 4.78 is 11.4. The summed E-state index contributed by atoms with van der Waals surface area (Å²) in [6, 6.07) is 14.1. The average Bonchev–Trinajstić information content (AvgIpc) is 2.92. The molecule has 158 valence electrons. The number of rotatable bonds is 8. The summed E-state index contributed by atoms with van der Waals surface area (Å²) in [6.07, 6.45) is 0. The fraction of sp³-hybridized carbons (Fsp3) is 0.348. The number of Topliss-reactive ketones (excluding diaryl/α,β-unsaturated/α-hetero) is 1. The summed E-state index contributed by atoms with van der Waals surface area (Å²) in [5, 5.41) is 8.52. The zero-order valence-electron chi connectivity index (χ0n) is 17.8. The number of nitrogens with one attached hydrogen (secondary N) is 1. The van der Waals surface area contributed by atoms with E-state index in [0.29, 0.717) is 35.8 Å². The molecule has 0 aromatic heterocycles. The highest BCUT2D eigenvalue weighted by molar-refractivity contribution is 6.12. The van der Waals surface area contributed by atoms with E-state index in [-0.39, 0.29) is 24.2 Å². The molecule has 1 amide bonds. The van der Waals surface area contributed by atoms with Gasteiger partial charge in [0.2, 0.25) is 5.96 Å². The molecule has 1 fully saturated rings. The van der Waals surface area contributed by atoms with Crippen LogP contribution in [0.2, 0.25) is 0 Å². The number of carbonyl (C=O) groups is 2. The molecule has 3 rings (SSSR count). The number of ether oxygens (including phenoxy) is 2. The highest BCUT2D eigenvalue weighted by atomic mass is 16.5. The quantitative estimate of drug-likeness (QED) is 0.677. The molecule has 1 N–H and O–H groups in total. The number of nitrogens with zero attached hydrogens (tertiary/aromatic N) is 2. The van der Waals surface area contributed by atoms with Crippen LogP contribution in [-0.4, -0.2) is 54.3 Å². The molecule has 2 aromatic rings. The molecule has 7 nitrogen and oxygen atoms in total. The van der Waals surface area contributed by atoms with Crippen LogP contribution < -0.4 is 9.47 Å². The molecule has 1 aliphatic rings. The highest BCUT2D eigenvalue weighted by Gasteiger charge is 2.53. The van der Waals surface area contributed by atoms with E-state index in [0.717, 1.165) is 0 Å². The van der Waals surface area contributed by atoms with Crippen molar-refractivity contribution in [1.29, 1.82) is 5.41 Å². The van der Waals surface area contributed by atoms with Gasteiger partial charge < -0.3 is 14.4 Å². The van der Waals surface area contributed by atoms with Gasteiger partial charge in [0.1, 0.15) is 17.0 Å². The van der Waals surface area contributed by atoms with Gasteiger partial charge in [-0.15, -0.1) is 0 Å². The van der Waals surface area contributed by atoms with Gasteiger partial charge in [-0.05, 0) is 39.0 Å². The predicted molar refractivity (Wildman–Crippen MR) is 114 cm³/mol. The Morgan fingerprint density at radius 1 is 1.07 bits per heavy atom. The molecule has 0 bridgehead atoms. The molecule has 1 atom stereocenters. The second-order valence-corrected chi connectivity index (χ2v) is 7.16. The number of guanidine groups is 1. The number of benzene rings is 2. The van der Waals surface area contributed by atoms with Crippen molar-refractivity contribution in [3.63, 3.8) is 0 Å². The van der Waals surface area contributed by atoms with Crippen LogP contribution in [0, 0.1) is 5.41 Å². The van der Waals surface area contributed by atoms with Gasteiger partial charge in [-0.1, -0.05) is 30.3 Å². The Morgan fingerprint density at radius 3 is 2.37 bits per heavy atom. The first-order valence-electron chi connectivity index (χ1n) is 9.97. The molecule has 1 unspecified atom stereocenters. The van der Waals surface area contributed by atoms with Crippen molar-refractivity contribution < 1.29 is 19.1 Å². The zero-order chi connectivity index (χ0) is 21.9. The van der Waals surface area contributed by atoms with Gasteiger partial charge in [0.05, 0.1) is 19.8 Å². The van der Waals surface area contributed by atoms with Gasteiger partial charge in [0.25, 0.3) is 5.91 Å². The first-order valence-corrected chi connectivity index (χ1v) is 9.97. The monoisotopic (exact) mass is 409 g/mol. The molecular formula is C23H27N3O4. The fourth-order valence-corrected chi connectivity index (χ4v) is 3.62. The summed E-state index contributed by atoms with van der Waals surface area (Å²) >= 11 is 0. The van der Waals surface area contributed by atoms with Crippen LogP contribution in [0.3, 0.4) is 0 Å². The average molecular weight is 409 g/mol. The predicted octanol–water partition coefficient (Wildman–Crippen LogP) is 3.29. The fourth-order valence-electron chi connectivity index (χ4n) is 3.62. The Bertz CT molecular complexity index is 960. The highest BCUT2D eigenvalue weighted by Crippen LogP contribution is 2.42.